The third-order valence-electron chi connectivity index (χ3n) is 5.76. The first-order valence-electron chi connectivity index (χ1n) is 10.8. The zero-order chi connectivity index (χ0) is 20.6. The van der Waals surface area contributed by atoms with E-state index in [-0.39, 0.29) is 29.9 Å². The van der Waals surface area contributed by atoms with Gasteiger partial charge in [0.05, 0.1) is 6.54 Å². The molecule has 3 N–H and O–H groups in total. The molecule has 1 heterocycles. The van der Waals surface area contributed by atoms with E-state index in [0.717, 1.165) is 29.8 Å². The highest BCUT2D eigenvalue weighted by atomic mass is 127. The molecule has 1 atom stereocenters. The van der Waals surface area contributed by atoms with E-state index in [1.807, 2.05) is 44.2 Å². The molecule has 1 saturated heterocycles. The summed E-state index contributed by atoms with van der Waals surface area (Å²) in [7, 11) is 5.59. The lowest BCUT2D eigenvalue weighted by Crippen LogP contribution is -2.45. The van der Waals surface area contributed by atoms with E-state index in [2.05, 4.69) is 31.9 Å². The number of amides is 1. The molecule has 3 rings (SSSR count). The molecule has 1 aliphatic carbocycles. The van der Waals surface area contributed by atoms with E-state index >= 15 is 0 Å². The number of guanidine groups is 1. The van der Waals surface area contributed by atoms with Crippen LogP contribution >= 0.6 is 24.0 Å². The summed E-state index contributed by atoms with van der Waals surface area (Å²) in [6.07, 6.45) is 6.67. The van der Waals surface area contributed by atoms with Crippen molar-refractivity contribution in [3.05, 3.63) is 29.8 Å². The van der Waals surface area contributed by atoms with Crippen molar-refractivity contribution in [2.75, 3.05) is 46.1 Å². The maximum absolute atomic E-state index is 12.0. The van der Waals surface area contributed by atoms with Gasteiger partial charge < -0.3 is 20.9 Å². The number of nitrogens with one attached hydrogen (secondary N) is 3. The van der Waals surface area contributed by atoms with Gasteiger partial charge >= 0.3 is 0 Å². The molecule has 2 aliphatic rings. The molecule has 0 radical (unpaired) electrons. The average Bonchev–Trinajstić information content (AvgIpc) is 3.36. The molecule has 1 aliphatic heterocycles. The van der Waals surface area contributed by atoms with Crippen LogP contribution in [-0.2, 0) is 11.3 Å². The number of aliphatic imine (C=N–C) groups is 1. The highest BCUT2D eigenvalue weighted by molar-refractivity contribution is 14.0. The van der Waals surface area contributed by atoms with E-state index in [9.17, 15) is 4.79 Å². The normalized spacial score (nSPS) is 20.3. The van der Waals surface area contributed by atoms with Crippen molar-refractivity contribution in [1.29, 1.82) is 0 Å². The lowest BCUT2D eigenvalue weighted by Gasteiger charge is -2.24. The summed E-state index contributed by atoms with van der Waals surface area (Å²) < 4.78 is 0. The largest absolute Gasteiger partial charge is 0.352 e. The van der Waals surface area contributed by atoms with E-state index in [4.69, 9.17) is 0 Å². The first kappa shape index (κ1) is 24.9. The lowest BCUT2D eigenvalue weighted by molar-refractivity contribution is -0.116. The molecule has 30 heavy (non-hydrogen) atoms. The van der Waals surface area contributed by atoms with Crippen LogP contribution in [0.25, 0.3) is 0 Å². The molecular weight excluding hydrogens is 491 g/mol. The zero-order valence-electron chi connectivity index (χ0n) is 18.5. The van der Waals surface area contributed by atoms with Gasteiger partial charge in [0, 0.05) is 44.5 Å². The van der Waals surface area contributed by atoms with Crippen LogP contribution in [0.3, 0.4) is 0 Å². The van der Waals surface area contributed by atoms with Crippen LogP contribution in [-0.4, -0.2) is 74.5 Å². The number of anilines is 1. The van der Waals surface area contributed by atoms with Crippen molar-refractivity contribution in [3.8, 4) is 0 Å². The number of rotatable bonds is 7. The van der Waals surface area contributed by atoms with Gasteiger partial charge in [-0.25, -0.2) is 0 Å². The fourth-order valence-corrected chi connectivity index (χ4v) is 4.33. The van der Waals surface area contributed by atoms with Crippen molar-refractivity contribution < 1.29 is 4.79 Å². The van der Waals surface area contributed by atoms with Crippen LogP contribution in [0.5, 0.6) is 0 Å². The molecule has 7 nitrogen and oxygen atoms in total. The standard InChI is InChI=1S/C22H36N6O.HI/c1-23-22(26-19-11-12-28(15-19)20-9-4-5-10-20)24-14-17-7-6-8-18(13-17)25-21(29)16-27(2)3;/h6-8,13,19-20H,4-5,9-12,14-16H2,1-3H3,(H,25,29)(H2,23,24,26);1H. The summed E-state index contributed by atoms with van der Waals surface area (Å²) in [6, 6.07) is 9.19. The van der Waals surface area contributed by atoms with Gasteiger partial charge in [-0.15, -0.1) is 24.0 Å². The molecule has 168 valence electrons. The monoisotopic (exact) mass is 528 g/mol. The molecule has 1 aromatic rings. The van der Waals surface area contributed by atoms with E-state index < -0.39 is 0 Å². The van der Waals surface area contributed by atoms with Crippen molar-refractivity contribution in [1.82, 2.24) is 20.4 Å². The Morgan fingerprint density at radius 2 is 2.00 bits per heavy atom. The second kappa shape index (κ2) is 12.5. The minimum absolute atomic E-state index is 0. The quantitative estimate of drug-likeness (QED) is 0.288. The number of hydrogen-bond acceptors (Lipinski definition) is 4. The van der Waals surface area contributed by atoms with Crippen molar-refractivity contribution in [3.63, 3.8) is 0 Å². The maximum atomic E-state index is 12.0. The van der Waals surface area contributed by atoms with Gasteiger partial charge in [0.15, 0.2) is 5.96 Å². The van der Waals surface area contributed by atoms with Gasteiger partial charge in [-0.3, -0.25) is 14.7 Å². The molecule has 0 bridgehead atoms. The van der Waals surface area contributed by atoms with Gasteiger partial charge in [-0.1, -0.05) is 25.0 Å². The number of benzene rings is 1. The van der Waals surface area contributed by atoms with Gasteiger partial charge in [0.1, 0.15) is 0 Å². The summed E-state index contributed by atoms with van der Waals surface area (Å²) in [5.41, 5.74) is 1.93. The SMILES string of the molecule is CN=C(NCc1cccc(NC(=O)CN(C)C)c1)NC1CCN(C2CCCC2)C1.I. The van der Waals surface area contributed by atoms with Crippen LogP contribution in [0.1, 0.15) is 37.7 Å². The van der Waals surface area contributed by atoms with Gasteiger partial charge in [-0.05, 0) is 51.1 Å². The Bertz CT molecular complexity index is 705. The Balaban J connectivity index is 0.00000320. The molecule has 1 unspecified atom stereocenters. The minimum atomic E-state index is -0.00867. The van der Waals surface area contributed by atoms with Gasteiger partial charge in [0.2, 0.25) is 5.91 Å². The number of likely N-dealkylation sites (N-methyl/N-ethyl adjacent to an activating group) is 1. The molecule has 2 fully saturated rings. The molecule has 1 aromatic carbocycles. The van der Waals surface area contributed by atoms with Gasteiger partial charge in [0.25, 0.3) is 0 Å². The Labute approximate surface area is 198 Å². The van der Waals surface area contributed by atoms with Crippen LogP contribution in [0.2, 0.25) is 0 Å². The number of carbonyl (C=O) groups excluding carboxylic acids is 1. The highest BCUT2D eigenvalue weighted by Gasteiger charge is 2.30. The topological polar surface area (TPSA) is 72.0 Å². The van der Waals surface area contributed by atoms with Crippen molar-refractivity contribution in [2.24, 2.45) is 4.99 Å². The number of halogens is 1. The predicted octanol–water partition coefficient (Wildman–Crippen LogP) is 2.49. The van der Waals surface area contributed by atoms with Crippen LogP contribution in [0.4, 0.5) is 5.69 Å². The van der Waals surface area contributed by atoms with Crippen molar-refractivity contribution in [2.45, 2.75) is 50.7 Å². The van der Waals surface area contributed by atoms with Crippen LogP contribution < -0.4 is 16.0 Å². The molecular formula is C22H37IN6O. The highest BCUT2D eigenvalue weighted by Crippen LogP contribution is 2.26. The summed E-state index contributed by atoms with van der Waals surface area (Å²) >= 11 is 0. The minimum Gasteiger partial charge on any atom is -0.352 e. The lowest BCUT2D eigenvalue weighted by atomic mass is 10.2. The first-order chi connectivity index (χ1) is 14.0. The molecule has 0 aromatic heterocycles. The molecule has 0 spiro atoms. The van der Waals surface area contributed by atoms with E-state index in [0.29, 0.717) is 19.1 Å². The predicted molar refractivity (Wildman–Crippen MR) is 135 cm³/mol. The summed E-state index contributed by atoms with van der Waals surface area (Å²) in [5.74, 6) is 0.830. The van der Waals surface area contributed by atoms with Crippen LogP contribution in [0, 0.1) is 0 Å². The number of likely N-dealkylation sites (tertiary alicyclic amines) is 1. The number of hydrogen-bond donors (Lipinski definition) is 3. The smallest absolute Gasteiger partial charge is 0.238 e. The molecule has 1 amide bonds. The van der Waals surface area contributed by atoms with Gasteiger partial charge in [-0.2, -0.15) is 0 Å². The Morgan fingerprint density at radius 3 is 2.70 bits per heavy atom. The van der Waals surface area contributed by atoms with E-state index in [1.54, 1.807) is 0 Å². The molecule has 8 heteroatoms. The maximum Gasteiger partial charge on any atom is 0.238 e. The number of carbonyl (C=O) groups is 1. The Kier molecular flexibility index (Phi) is 10.3. The summed E-state index contributed by atoms with van der Waals surface area (Å²) in [6.45, 7) is 3.33. The Hall–Kier alpha value is -1.39. The average molecular weight is 528 g/mol. The summed E-state index contributed by atoms with van der Waals surface area (Å²) in [5, 5.41) is 9.93. The first-order valence-corrected chi connectivity index (χ1v) is 10.8. The fourth-order valence-electron chi connectivity index (χ4n) is 4.33. The summed E-state index contributed by atoms with van der Waals surface area (Å²) in [4.78, 5) is 20.9. The number of nitrogens with zero attached hydrogens (tertiary/aromatic N) is 3. The second-order valence-electron chi connectivity index (χ2n) is 8.48. The Morgan fingerprint density at radius 1 is 1.23 bits per heavy atom. The van der Waals surface area contributed by atoms with Crippen LogP contribution in [0.15, 0.2) is 29.3 Å². The zero-order valence-corrected chi connectivity index (χ0v) is 20.8. The molecule has 1 saturated carbocycles. The fraction of sp³-hybridized carbons (Fsp3) is 0.636. The third kappa shape index (κ3) is 7.70. The van der Waals surface area contributed by atoms with E-state index in [1.165, 1.54) is 38.6 Å². The van der Waals surface area contributed by atoms with Crippen molar-refractivity contribution >= 4 is 41.5 Å². The third-order valence-corrected chi connectivity index (χ3v) is 5.76. The second-order valence-corrected chi connectivity index (χ2v) is 8.48.